The van der Waals surface area contributed by atoms with Gasteiger partial charge in [-0.3, -0.25) is 4.99 Å². The van der Waals surface area contributed by atoms with E-state index in [0.29, 0.717) is 0 Å². The van der Waals surface area contributed by atoms with Crippen LogP contribution in [-0.2, 0) is 11.3 Å². The maximum Gasteiger partial charge on any atom is 0.191 e. The van der Waals surface area contributed by atoms with Crippen LogP contribution in [0.2, 0.25) is 0 Å². The summed E-state index contributed by atoms with van der Waals surface area (Å²) in [6.07, 6.45) is 3.43. The number of benzene rings is 1. The molecule has 0 aliphatic carbocycles. The van der Waals surface area contributed by atoms with Gasteiger partial charge in [0.25, 0.3) is 0 Å². The number of nitrogens with one attached hydrogen (secondary N) is 2. The molecule has 0 heterocycles. The van der Waals surface area contributed by atoms with Gasteiger partial charge in [-0.15, -0.1) is 24.0 Å². The minimum Gasteiger partial charge on any atom is -0.385 e. The number of nitrogens with zero attached hydrogens (tertiary/aromatic N) is 1. The van der Waals surface area contributed by atoms with E-state index < -0.39 is 0 Å². The van der Waals surface area contributed by atoms with E-state index in [-0.39, 0.29) is 24.0 Å². The molecule has 0 aromatic heterocycles. The van der Waals surface area contributed by atoms with Gasteiger partial charge < -0.3 is 15.4 Å². The minimum atomic E-state index is 0. The van der Waals surface area contributed by atoms with Gasteiger partial charge in [0.15, 0.2) is 5.96 Å². The molecule has 1 rings (SSSR count). The molecule has 0 radical (unpaired) electrons. The number of hydrogen-bond donors (Lipinski definition) is 2. The third-order valence-electron chi connectivity index (χ3n) is 3.49. The summed E-state index contributed by atoms with van der Waals surface area (Å²) in [6, 6.07) is 6.54. The van der Waals surface area contributed by atoms with Crippen molar-refractivity contribution in [1.29, 1.82) is 0 Å². The summed E-state index contributed by atoms with van der Waals surface area (Å²) >= 11 is 0. The van der Waals surface area contributed by atoms with Crippen LogP contribution in [0.25, 0.3) is 0 Å². The number of rotatable bonds is 8. The maximum absolute atomic E-state index is 5.04. The lowest BCUT2D eigenvalue weighted by Gasteiger charge is -2.13. The Balaban J connectivity index is 0.00000441. The van der Waals surface area contributed by atoms with E-state index >= 15 is 0 Å². The number of aryl methyl sites for hydroxylation is 2. The average molecular weight is 419 g/mol. The maximum atomic E-state index is 5.04. The van der Waals surface area contributed by atoms with Crippen molar-refractivity contribution in [2.75, 3.05) is 27.3 Å². The van der Waals surface area contributed by atoms with E-state index in [1.54, 1.807) is 7.11 Å². The van der Waals surface area contributed by atoms with Crippen LogP contribution in [0.5, 0.6) is 0 Å². The lowest BCUT2D eigenvalue weighted by molar-refractivity contribution is 0.192. The van der Waals surface area contributed by atoms with Gasteiger partial charge in [0, 0.05) is 33.9 Å². The Morgan fingerprint density at radius 3 is 2.55 bits per heavy atom. The van der Waals surface area contributed by atoms with Gasteiger partial charge in [0.1, 0.15) is 0 Å². The van der Waals surface area contributed by atoms with Crippen molar-refractivity contribution in [3.63, 3.8) is 0 Å². The van der Waals surface area contributed by atoms with Crippen molar-refractivity contribution >= 4 is 29.9 Å². The highest BCUT2D eigenvalue weighted by atomic mass is 127. The molecule has 126 valence electrons. The summed E-state index contributed by atoms with van der Waals surface area (Å²) in [4.78, 5) is 4.25. The first-order chi connectivity index (χ1) is 10.2. The quantitative estimate of drug-likeness (QED) is 0.294. The van der Waals surface area contributed by atoms with Crippen molar-refractivity contribution < 1.29 is 4.74 Å². The molecule has 0 bridgehead atoms. The number of ether oxygens (including phenoxy) is 1. The Hall–Kier alpha value is -0.820. The first-order valence-corrected chi connectivity index (χ1v) is 7.67. The van der Waals surface area contributed by atoms with E-state index in [1.165, 1.54) is 23.1 Å². The van der Waals surface area contributed by atoms with Crippen molar-refractivity contribution in [3.8, 4) is 0 Å². The van der Waals surface area contributed by atoms with Crippen LogP contribution in [0.15, 0.2) is 23.2 Å². The van der Waals surface area contributed by atoms with E-state index in [4.69, 9.17) is 4.74 Å². The fourth-order valence-electron chi connectivity index (χ4n) is 2.20. The number of halogens is 1. The molecule has 0 amide bonds. The lowest BCUT2D eigenvalue weighted by atomic mass is 10.1. The summed E-state index contributed by atoms with van der Waals surface area (Å²) in [5.41, 5.74) is 3.93. The van der Waals surface area contributed by atoms with Gasteiger partial charge in [-0.2, -0.15) is 0 Å². The van der Waals surface area contributed by atoms with Gasteiger partial charge in [0.05, 0.1) is 0 Å². The first-order valence-electron chi connectivity index (χ1n) is 7.67. The van der Waals surface area contributed by atoms with E-state index in [9.17, 15) is 0 Å². The number of guanidine groups is 1. The predicted octanol–water partition coefficient (Wildman–Crippen LogP) is 3.40. The molecule has 0 unspecified atom stereocenters. The molecule has 22 heavy (non-hydrogen) atoms. The van der Waals surface area contributed by atoms with Crippen LogP contribution in [0, 0.1) is 13.8 Å². The zero-order valence-corrected chi connectivity index (χ0v) is 16.6. The number of methoxy groups -OCH3 is 1. The number of hydrogen-bond acceptors (Lipinski definition) is 2. The summed E-state index contributed by atoms with van der Waals surface area (Å²) in [5.74, 6) is 0.863. The molecule has 0 saturated heterocycles. The monoisotopic (exact) mass is 419 g/mol. The number of unbranched alkanes of at least 4 members (excludes halogenated alkanes) is 2. The van der Waals surface area contributed by atoms with Crippen LogP contribution in [0.1, 0.15) is 36.0 Å². The lowest BCUT2D eigenvalue weighted by Crippen LogP contribution is -2.37. The van der Waals surface area contributed by atoms with Crippen molar-refractivity contribution in [1.82, 2.24) is 10.6 Å². The largest absolute Gasteiger partial charge is 0.385 e. The molecule has 1 aromatic rings. The van der Waals surface area contributed by atoms with Crippen molar-refractivity contribution in [2.45, 2.75) is 39.7 Å². The molecule has 1 aromatic carbocycles. The Bertz CT molecular complexity index is 450. The van der Waals surface area contributed by atoms with Gasteiger partial charge in [-0.1, -0.05) is 23.8 Å². The average Bonchev–Trinajstić information content (AvgIpc) is 2.47. The van der Waals surface area contributed by atoms with E-state index in [2.05, 4.69) is 47.7 Å². The topological polar surface area (TPSA) is 45.7 Å². The van der Waals surface area contributed by atoms with Gasteiger partial charge in [-0.25, -0.2) is 0 Å². The highest BCUT2D eigenvalue weighted by molar-refractivity contribution is 14.0. The van der Waals surface area contributed by atoms with E-state index in [1.807, 2.05) is 7.05 Å². The summed E-state index contributed by atoms with van der Waals surface area (Å²) in [6.45, 7) is 6.86. The van der Waals surface area contributed by atoms with Crippen LogP contribution >= 0.6 is 24.0 Å². The highest BCUT2D eigenvalue weighted by Gasteiger charge is 2.01. The Morgan fingerprint density at radius 2 is 1.91 bits per heavy atom. The summed E-state index contributed by atoms with van der Waals surface area (Å²) in [5, 5.41) is 6.71. The molecule has 5 heteroatoms. The normalized spacial score (nSPS) is 11.0. The fourth-order valence-corrected chi connectivity index (χ4v) is 2.20. The summed E-state index contributed by atoms with van der Waals surface area (Å²) < 4.78 is 5.04. The van der Waals surface area contributed by atoms with Crippen LogP contribution in [-0.4, -0.2) is 33.3 Å². The molecule has 0 spiro atoms. The molecule has 0 fully saturated rings. The number of aliphatic imine (C=N–C) groups is 1. The molecule has 2 N–H and O–H groups in total. The molecular weight excluding hydrogens is 389 g/mol. The zero-order valence-electron chi connectivity index (χ0n) is 14.2. The van der Waals surface area contributed by atoms with Crippen molar-refractivity contribution in [2.24, 2.45) is 4.99 Å². The van der Waals surface area contributed by atoms with Gasteiger partial charge in [0.2, 0.25) is 0 Å². The standard InChI is InChI=1S/C17H29N3O.HI/c1-14-8-9-16(15(2)12-14)13-20-17(18-3)19-10-6-5-7-11-21-4;/h8-9,12H,5-7,10-11,13H2,1-4H3,(H2,18,19,20);1H. The molecule has 0 saturated carbocycles. The van der Waals surface area contributed by atoms with Crippen LogP contribution in [0.4, 0.5) is 0 Å². The van der Waals surface area contributed by atoms with Crippen LogP contribution in [0.3, 0.4) is 0 Å². The Morgan fingerprint density at radius 1 is 1.14 bits per heavy atom. The fraction of sp³-hybridized carbons (Fsp3) is 0.588. The summed E-state index contributed by atoms with van der Waals surface area (Å²) in [7, 11) is 3.55. The Labute approximate surface area is 152 Å². The second-order valence-corrected chi connectivity index (χ2v) is 5.34. The zero-order chi connectivity index (χ0) is 15.5. The van der Waals surface area contributed by atoms with Crippen molar-refractivity contribution in [3.05, 3.63) is 34.9 Å². The van der Waals surface area contributed by atoms with E-state index in [0.717, 1.165) is 38.5 Å². The first kappa shape index (κ1) is 21.2. The molecular formula is C17H30IN3O. The predicted molar refractivity (Wildman–Crippen MR) is 105 cm³/mol. The molecule has 0 atom stereocenters. The van der Waals surface area contributed by atoms with Crippen LogP contribution < -0.4 is 10.6 Å². The smallest absolute Gasteiger partial charge is 0.191 e. The molecule has 0 aliphatic heterocycles. The van der Waals surface area contributed by atoms with Gasteiger partial charge in [-0.05, 0) is 44.2 Å². The second-order valence-electron chi connectivity index (χ2n) is 5.34. The molecule has 4 nitrogen and oxygen atoms in total. The van der Waals surface area contributed by atoms with Gasteiger partial charge >= 0.3 is 0 Å². The Kier molecular flexibility index (Phi) is 12.2. The highest BCUT2D eigenvalue weighted by Crippen LogP contribution is 2.09. The molecule has 0 aliphatic rings. The second kappa shape index (κ2) is 12.7. The minimum absolute atomic E-state index is 0. The third-order valence-corrected chi connectivity index (χ3v) is 3.49. The SMILES string of the molecule is CN=C(NCCCCCOC)NCc1ccc(C)cc1C.I. The third kappa shape index (κ3) is 8.58.